The molecule has 3 rings (SSSR count). The van der Waals surface area contributed by atoms with Crippen LogP contribution in [-0.2, 0) is 0 Å². The number of hydrogen-bond acceptors (Lipinski definition) is 3. The Morgan fingerprint density at radius 3 is 2.11 bits per heavy atom. The van der Waals surface area contributed by atoms with Gasteiger partial charge in [0.25, 0.3) is 11.8 Å². The minimum Gasteiger partial charge on any atom is -0.312 e. The summed E-state index contributed by atoms with van der Waals surface area (Å²) in [5, 5.41) is 3.18. The number of carbonyl (C=O) groups excluding carboxylic acids is 2. The number of halogens is 2. The molecule has 2 aliphatic rings. The molecule has 0 radical (unpaired) electrons. The molecule has 1 aliphatic carbocycles. The molecule has 2 amide bonds. The van der Waals surface area contributed by atoms with Crippen LogP contribution in [0.25, 0.3) is 0 Å². The van der Waals surface area contributed by atoms with Gasteiger partial charge in [0, 0.05) is 19.1 Å². The van der Waals surface area contributed by atoms with Gasteiger partial charge in [-0.15, -0.1) is 0 Å². The number of fused-ring (bicyclic) bond motifs is 1. The van der Waals surface area contributed by atoms with E-state index in [1.54, 1.807) is 0 Å². The van der Waals surface area contributed by atoms with Crippen molar-refractivity contribution in [2.24, 2.45) is 0 Å². The maximum Gasteiger partial charge on any atom is 0.261 e. The van der Waals surface area contributed by atoms with E-state index in [0.29, 0.717) is 12.6 Å². The van der Waals surface area contributed by atoms with Crippen LogP contribution in [0.15, 0.2) is 12.1 Å². The van der Waals surface area contributed by atoms with Crippen molar-refractivity contribution >= 4 is 11.8 Å². The highest BCUT2D eigenvalue weighted by Gasteiger charge is 2.36. The highest BCUT2D eigenvalue weighted by Crippen LogP contribution is 2.25. The van der Waals surface area contributed by atoms with E-state index in [-0.39, 0.29) is 17.7 Å². The SMILES string of the molecule is O=C1c2cc(F)c(F)cc2C(=O)N1CCNC1CC1. The maximum absolute atomic E-state index is 13.1. The van der Waals surface area contributed by atoms with Crippen molar-refractivity contribution in [2.45, 2.75) is 18.9 Å². The zero-order chi connectivity index (χ0) is 13.6. The van der Waals surface area contributed by atoms with Crippen LogP contribution in [0.3, 0.4) is 0 Å². The number of nitrogens with zero attached hydrogens (tertiary/aromatic N) is 1. The molecule has 19 heavy (non-hydrogen) atoms. The van der Waals surface area contributed by atoms with Gasteiger partial charge in [-0.2, -0.15) is 0 Å². The van der Waals surface area contributed by atoms with Crippen molar-refractivity contribution in [1.82, 2.24) is 10.2 Å². The fourth-order valence-corrected chi connectivity index (χ4v) is 2.15. The van der Waals surface area contributed by atoms with Gasteiger partial charge in [0.05, 0.1) is 11.1 Å². The topological polar surface area (TPSA) is 49.4 Å². The molecule has 1 saturated carbocycles. The lowest BCUT2D eigenvalue weighted by Gasteiger charge is -2.13. The summed E-state index contributed by atoms with van der Waals surface area (Å²) in [6.07, 6.45) is 2.22. The Bertz CT molecular complexity index is 529. The molecule has 0 bridgehead atoms. The first kappa shape index (κ1) is 12.2. The molecule has 100 valence electrons. The number of hydrogen-bond donors (Lipinski definition) is 1. The number of nitrogens with one attached hydrogen (secondary N) is 1. The average molecular weight is 266 g/mol. The Kier molecular flexibility index (Phi) is 2.82. The molecular formula is C13H12F2N2O2. The van der Waals surface area contributed by atoms with Gasteiger partial charge in [-0.25, -0.2) is 8.78 Å². The fraction of sp³-hybridized carbons (Fsp3) is 0.385. The molecule has 1 heterocycles. The molecule has 1 aliphatic heterocycles. The predicted molar refractivity (Wildman–Crippen MR) is 62.7 cm³/mol. The summed E-state index contributed by atoms with van der Waals surface area (Å²) in [6.45, 7) is 0.715. The highest BCUT2D eigenvalue weighted by molar-refractivity contribution is 6.21. The lowest BCUT2D eigenvalue weighted by Crippen LogP contribution is -2.36. The third-order valence-corrected chi connectivity index (χ3v) is 3.36. The van der Waals surface area contributed by atoms with Gasteiger partial charge < -0.3 is 5.32 Å². The number of carbonyl (C=O) groups is 2. The summed E-state index contributed by atoms with van der Waals surface area (Å²) < 4.78 is 26.2. The zero-order valence-corrected chi connectivity index (χ0v) is 10.1. The fourth-order valence-electron chi connectivity index (χ4n) is 2.15. The maximum atomic E-state index is 13.1. The van der Waals surface area contributed by atoms with Crippen LogP contribution in [0.5, 0.6) is 0 Å². The van der Waals surface area contributed by atoms with Gasteiger partial charge in [0.1, 0.15) is 0 Å². The van der Waals surface area contributed by atoms with Crippen molar-refractivity contribution in [1.29, 1.82) is 0 Å². The lowest BCUT2D eigenvalue weighted by atomic mass is 10.1. The third-order valence-electron chi connectivity index (χ3n) is 3.36. The summed E-state index contributed by atoms with van der Waals surface area (Å²) in [5.74, 6) is -3.34. The largest absolute Gasteiger partial charge is 0.312 e. The number of amides is 2. The van der Waals surface area contributed by atoms with Crippen LogP contribution in [0.2, 0.25) is 0 Å². The second-order valence-corrected chi connectivity index (χ2v) is 4.80. The first-order valence-corrected chi connectivity index (χ1v) is 6.16. The van der Waals surface area contributed by atoms with Gasteiger partial charge in [0.2, 0.25) is 0 Å². The first-order valence-electron chi connectivity index (χ1n) is 6.16. The van der Waals surface area contributed by atoms with E-state index < -0.39 is 23.4 Å². The summed E-state index contributed by atoms with van der Waals surface area (Å²) in [6, 6.07) is 2.06. The number of rotatable bonds is 4. The Balaban J connectivity index is 1.78. The van der Waals surface area contributed by atoms with Crippen LogP contribution < -0.4 is 5.32 Å². The van der Waals surface area contributed by atoms with E-state index in [1.165, 1.54) is 0 Å². The summed E-state index contributed by atoms with van der Waals surface area (Å²) in [7, 11) is 0. The molecule has 6 heteroatoms. The molecule has 1 fully saturated rings. The normalized spacial score (nSPS) is 18.1. The summed E-state index contributed by atoms with van der Waals surface area (Å²) in [4.78, 5) is 24.9. The summed E-state index contributed by atoms with van der Waals surface area (Å²) in [5.41, 5.74) is -0.120. The smallest absolute Gasteiger partial charge is 0.261 e. The molecular weight excluding hydrogens is 254 g/mol. The molecule has 1 aromatic rings. The molecule has 1 N–H and O–H groups in total. The molecule has 0 atom stereocenters. The van der Waals surface area contributed by atoms with Gasteiger partial charge in [-0.3, -0.25) is 14.5 Å². The second-order valence-electron chi connectivity index (χ2n) is 4.80. The minimum atomic E-state index is -1.11. The van der Waals surface area contributed by atoms with Crippen molar-refractivity contribution in [3.05, 3.63) is 34.9 Å². The van der Waals surface area contributed by atoms with Crippen LogP contribution >= 0.6 is 0 Å². The van der Waals surface area contributed by atoms with Crippen molar-refractivity contribution < 1.29 is 18.4 Å². The molecule has 0 spiro atoms. The van der Waals surface area contributed by atoms with E-state index in [0.717, 1.165) is 29.9 Å². The van der Waals surface area contributed by atoms with Crippen molar-refractivity contribution in [3.8, 4) is 0 Å². The predicted octanol–water partition coefficient (Wildman–Crippen LogP) is 1.31. The number of imide groups is 1. The standard InChI is InChI=1S/C13H12F2N2O2/c14-10-5-8-9(6-11(10)15)13(19)17(12(8)18)4-3-16-7-1-2-7/h5-7,16H,1-4H2. The van der Waals surface area contributed by atoms with Crippen LogP contribution in [0.1, 0.15) is 33.6 Å². The van der Waals surface area contributed by atoms with Gasteiger partial charge in [-0.05, 0) is 25.0 Å². The van der Waals surface area contributed by atoms with E-state index in [4.69, 9.17) is 0 Å². The first-order chi connectivity index (χ1) is 9.08. The van der Waals surface area contributed by atoms with E-state index in [1.807, 2.05) is 0 Å². The van der Waals surface area contributed by atoms with Crippen LogP contribution in [0, 0.1) is 11.6 Å². The molecule has 0 unspecified atom stereocenters. The Labute approximate surface area is 108 Å². The van der Waals surface area contributed by atoms with Crippen molar-refractivity contribution in [2.75, 3.05) is 13.1 Å². The Morgan fingerprint density at radius 2 is 1.63 bits per heavy atom. The Hall–Kier alpha value is -1.82. The molecule has 4 nitrogen and oxygen atoms in total. The van der Waals surface area contributed by atoms with E-state index in [9.17, 15) is 18.4 Å². The molecule has 1 aromatic carbocycles. The Morgan fingerprint density at radius 1 is 1.11 bits per heavy atom. The monoisotopic (exact) mass is 266 g/mol. The zero-order valence-electron chi connectivity index (χ0n) is 10.1. The van der Waals surface area contributed by atoms with E-state index in [2.05, 4.69) is 5.32 Å². The van der Waals surface area contributed by atoms with Gasteiger partial charge >= 0.3 is 0 Å². The molecule has 0 saturated heterocycles. The average Bonchev–Trinajstić information content (AvgIpc) is 3.16. The molecule has 0 aromatic heterocycles. The van der Waals surface area contributed by atoms with Gasteiger partial charge in [0.15, 0.2) is 11.6 Å². The van der Waals surface area contributed by atoms with Crippen LogP contribution in [0.4, 0.5) is 8.78 Å². The second kappa shape index (κ2) is 4.38. The quantitative estimate of drug-likeness (QED) is 0.836. The minimum absolute atomic E-state index is 0.0599. The third kappa shape index (κ3) is 2.12. The highest BCUT2D eigenvalue weighted by atomic mass is 19.2. The van der Waals surface area contributed by atoms with Gasteiger partial charge in [-0.1, -0.05) is 0 Å². The summed E-state index contributed by atoms with van der Waals surface area (Å²) >= 11 is 0. The lowest BCUT2D eigenvalue weighted by molar-refractivity contribution is 0.0655. The van der Waals surface area contributed by atoms with E-state index >= 15 is 0 Å². The van der Waals surface area contributed by atoms with Crippen LogP contribution in [-0.4, -0.2) is 35.8 Å². The number of benzene rings is 1. The van der Waals surface area contributed by atoms with Crippen molar-refractivity contribution in [3.63, 3.8) is 0 Å².